The first-order valence-electron chi connectivity index (χ1n) is 7.13. The lowest BCUT2D eigenvalue weighted by atomic mass is 9.91. The van der Waals surface area contributed by atoms with Crippen molar-refractivity contribution in [1.82, 2.24) is 5.43 Å². The molecule has 1 amide bonds. The third kappa shape index (κ3) is 6.29. The molecule has 0 bridgehead atoms. The van der Waals surface area contributed by atoms with Crippen molar-refractivity contribution in [3.63, 3.8) is 0 Å². The van der Waals surface area contributed by atoms with Crippen molar-refractivity contribution in [2.24, 2.45) is 10.5 Å². The number of carbonyl (C=O) groups excluding carboxylic acids is 1. The second-order valence-corrected chi connectivity index (χ2v) is 5.79. The van der Waals surface area contributed by atoms with Crippen molar-refractivity contribution in [3.05, 3.63) is 24.3 Å². The molecule has 0 atom stereocenters. The van der Waals surface area contributed by atoms with Gasteiger partial charge in [-0.3, -0.25) is 4.79 Å². The normalized spacial score (nSPS) is 12.0. The molecule has 5 nitrogen and oxygen atoms in total. The fourth-order valence-electron chi connectivity index (χ4n) is 1.37. The van der Waals surface area contributed by atoms with E-state index in [-0.39, 0.29) is 17.9 Å². The summed E-state index contributed by atoms with van der Waals surface area (Å²) < 4.78 is 5.36. The predicted octanol–water partition coefficient (Wildman–Crippen LogP) is 3.04. The number of rotatable bonds is 6. The van der Waals surface area contributed by atoms with Crippen molar-refractivity contribution >= 4 is 17.3 Å². The highest BCUT2D eigenvalue weighted by atomic mass is 16.5. The molecule has 0 spiro atoms. The first kappa shape index (κ1) is 17.0. The average molecular weight is 291 g/mol. The number of nitrogens with one attached hydrogen (secondary N) is 2. The van der Waals surface area contributed by atoms with E-state index in [0.29, 0.717) is 6.61 Å². The van der Waals surface area contributed by atoms with Gasteiger partial charge in [-0.2, -0.15) is 5.10 Å². The Balaban J connectivity index is 2.43. The second-order valence-electron chi connectivity index (χ2n) is 5.79. The first-order valence-corrected chi connectivity index (χ1v) is 7.13. The first-order chi connectivity index (χ1) is 9.82. The summed E-state index contributed by atoms with van der Waals surface area (Å²) in [5.74, 6) is 0.644. The van der Waals surface area contributed by atoms with Crippen LogP contribution in [0.2, 0.25) is 0 Å². The molecular weight excluding hydrogens is 266 g/mol. The molecule has 1 aromatic rings. The van der Waals surface area contributed by atoms with Gasteiger partial charge in [-0.25, -0.2) is 5.43 Å². The van der Waals surface area contributed by atoms with E-state index in [1.54, 1.807) is 0 Å². The molecule has 0 saturated carbocycles. The smallest absolute Gasteiger partial charge is 0.259 e. The predicted molar refractivity (Wildman–Crippen MR) is 86.8 cm³/mol. The maximum Gasteiger partial charge on any atom is 0.259 e. The van der Waals surface area contributed by atoms with Crippen LogP contribution < -0.4 is 15.5 Å². The molecule has 0 saturated heterocycles. The van der Waals surface area contributed by atoms with E-state index in [2.05, 4.69) is 36.6 Å². The van der Waals surface area contributed by atoms with E-state index >= 15 is 0 Å². The summed E-state index contributed by atoms with van der Waals surface area (Å²) in [6.07, 6.45) is 0. The Kier molecular flexibility index (Phi) is 6.21. The van der Waals surface area contributed by atoms with E-state index in [4.69, 9.17) is 4.74 Å². The Morgan fingerprint density at radius 1 is 1.24 bits per heavy atom. The van der Waals surface area contributed by atoms with Crippen LogP contribution in [-0.4, -0.2) is 24.8 Å². The van der Waals surface area contributed by atoms with E-state index in [0.717, 1.165) is 17.1 Å². The highest BCUT2D eigenvalue weighted by molar-refractivity contribution is 5.89. The molecule has 0 radical (unpaired) electrons. The fraction of sp³-hybridized carbons (Fsp3) is 0.500. The molecule has 0 aromatic heterocycles. The Hall–Kier alpha value is -2.04. The highest BCUT2D eigenvalue weighted by Crippen LogP contribution is 2.16. The molecule has 0 unspecified atom stereocenters. The number of hydrogen-bond acceptors (Lipinski definition) is 4. The Morgan fingerprint density at radius 2 is 1.86 bits per heavy atom. The van der Waals surface area contributed by atoms with E-state index < -0.39 is 0 Å². The van der Waals surface area contributed by atoms with E-state index in [1.807, 2.05) is 38.1 Å². The van der Waals surface area contributed by atoms with Gasteiger partial charge in [-0.15, -0.1) is 0 Å². The molecule has 0 aliphatic rings. The Labute approximate surface area is 126 Å². The summed E-state index contributed by atoms with van der Waals surface area (Å²) in [5.41, 5.74) is 4.26. The third-order valence-electron chi connectivity index (χ3n) is 3.05. The van der Waals surface area contributed by atoms with Crippen molar-refractivity contribution in [2.75, 3.05) is 18.5 Å². The summed E-state index contributed by atoms with van der Waals surface area (Å²) in [6, 6.07) is 7.49. The molecule has 0 aliphatic heterocycles. The summed E-state index contributed by atoms with van der Waals surface area (Å²) in [7, 11) is 0. The molecule has 5 heteroatoms. The topological polar surface area (TPSA) is 62.7 Å². The van der Waals surface area contributed by atoms with Gasteiger partial charge in [0.1, 0.15) is 5.75 Å². The molecule has 0 heterocycles. The van der Waals surface area contributed by atoms with E-state index in [1.165, 1.54) is 0 Å². The molecule has 0 aliphatic carbocycles. The lowest BCUT2D eigenvalue weighted by Crippen LogP contribution is -2.29. The number of amides is 1. The lowest BCUT2D eigenvalue weighted by Gasteiger charge is -2.17. The standard InChI is InChI=1S/C16H25N3O2/c1-6-21-14-9-7-13(8-10-14)17-11-15(20)19-18-12(2)16(3,4)5/h7-10,17H,6,11H2,1-5H3,(H,19,20)/b18-12-. The number of hydrazone groups is 1. The van der Waals surface area contributed by atoms with E-state index in [9.17, 15) is 4.79 Å². The molecule has 116 valence electrons. The minimum absolute atomic E-state index is 0.0458. The van der Waals surface area contributed by atoms with Crippen LogP contribution in [0.5, 0.6) is 5.75 Å². The van der Waals surface area contributed by atoms with Crippen LogP contribution in [0.15, 0.2) is 29.4 Å². The zero-order chi connectivity index (χ0) is 15.9. The van der Waals surface area contributed by atoms with Gasteiger partial charge in [0, 0.05) is 16.8 Å². The minimum Gasteiger partial charge on any atom is -0.494 e. The number of ether oxygens (including phenoxy) is 1. The second kappa shape index (κ2) is 7.67. The number of hydrogen-bond donors (Lipinski definition) is 2. The molecular formula is C16H25N3O2. The van der Waals surface area contributed by atoms with Crippen molar-refractivity contribution in [3.8, 4) is 5.75 Å². The van der Waals surface area contributed by atoms with Gasteiger partial charge in [0.05, 0.1) is 13.2 Å². The minimum atomic E-state index is -0.174. The number of nitrogens with zero attached hydrogens (tertiary/aromatic N) is 1. The van der Waals surface area contributed by atoms with Crippen LogP contribution in [0.25, 0.3) is 0 Å². The Bertz CT molecular complexity index is 487. The molecule has 2 N–H and O–H groups in total. The maximum atomic E-state index is 11.7. The fourth-order valence-corrected chi connectivity index (χ4v) is 1.37. The van der Waals surface area contributed by atoms with Crippen molar-refractivity contribution in [1.29, 1.82) is 0 Å². The van der Waals surface area contributed by atoms with Gasteiger partial charge in [-0.05, 0) is 38.1 Å². The van der Waals surface area contributed by atoms with Crippen molar-refractivity contribution < 1.29 is 9.53 Å². The van der Waals surface area contributed by atoms with Crippen LogP contribution in [0, 0.1) is 5.41 Å². The number of anilines is 1. The van der Waals surface area contributed by atoms with Crippen molar-refractivity contribution in [2.45, 2.75) is 34.6 Å². The lowest BCUT2D eigenvalue weighted by molar-refractivity contribution is -0.119. The zero-order valence-electron chi connectivity index (χ0n) is 13.5. The quantitative estimate of drug-likeness (QED) is 0.625. The average Bonchev–Trinajstić information content (AvgIpc) is 2.43. The third-order valence-corrected chi connectivity index (χ3v) is 3.05. The van der Waals surface area contributed by atoms with Crippen LogP contribution >= 0.6 is 0 Å². The highest BCUT2D eigenvalue weighted by Gasteiger charge is 2.14. The van der Waals surface area contributed by atoms with Crippen LogP contribution in [0.3, 0.4) is 0 Å². The molecule has 0 fully saturated rings. The summed E-state index contributed by atoms with van der Waals surface area (Å²) in [4.78, 5) is 11.7. The maximum absolute atomic E-state index is 11.7. The molecule has 1 rings (SSSR count). The zero-order valence-corrected chi connectivity index (χ0v) is 13.5. The Morgan fingerprint density at radius 3 is 2.38 bits per heavy atom. The number of carbonyl (C=O) groups is 1. The van der Waals surface area contributed by atoms with Gasteiger partial charge < -0.3 is 10.1 Å². The van der Waals surface area contributed by atoms with Crippen LogP contribution in [-0.2, 0) is 4.79 Å². The summed E-state index contributed by atoms with van der Waals surface area (Å²) >= 11 is 0. The van der Waals surface area contributed by atoms with Gasteiger partial charge in [-0.1, -0.05) is 20.8 Å². The largest absolute Gasteiger partial charge is 0.494 e. The van der Waals surface area contributed by atoms with Crippen LogP contribution in [0.1, 0.15) is 34.6 Å². The molecule has 21 heavy (non-hydrogen) atoms. The SMILES string of the molecule is CCOc1ccc(NCC(=O)N/N=C(/C)C(C)(C)C)cc1. The number of benzene rings is 1. The molecule has 1 aromatic carbocycles. The summed E-state index contributed by atoms with van der Waals surface area (Å²) in [6.45, 7) is 10.8. The summed E-state index contributed by atoms with van der Waals surface area (Å²) in [5, 5.41) is 7.14. The van der Waals surface area contributed by atoms with Gasteiger partial charge in [0.15, 0.2) is 0 Å². The van der Waals surface area contributed by atoms with Gasteiger partial charge in [0.2, 0.25) is 0 Å². The van der Waals surface area contributed by atoms with Gasteiger partial charge >= 0.3 is 0 Å². The monoisotopic (exact) mass is 291 g/mol. The van der Waals surface area contributed by atoms with Gasteiger partial charge in [0.25, 0.3) is 5.91 Å². The van der Waals surface area contributed by atoms with Crippen LogP contribution in [0.4, 0.5) is 5.69 Å².